The van der Waals surface area contributed by atoms with Crippen LogP contribution in [-0.2, 0) is 0 Å². The van der Waals surface area contributed by atoms with E-state index in [0.717, 1.165) is 5.69 Å². The van der Waals surface area contributed by atoms with Gasteiger partial charge in [0.2, 0.25) is 5.56 Å². The molecule has 0 bridgehead atoms. The first-order valence-corrected chi connectivity index (χ1v) is 7.97. The quantitative estimate of drug-likeness (QED) is 0.919. The Bertz CT molecular complexity index is 818. The molecule has 1 aliphatic heterocycles. The molecule has 3 rings (SSSR count). The second kappa shape index (κ2) is 6.47. The number of hydrogen-bond acceptors (Lipinski definition) is 3. The average Bonchev–Trinajstić information content (AvgIpc) is 2.54. The molecule has 2 heterocycles. The van der Waals surface area contributed by atoms with Gasteiger partial charge in [0.1, 0.15) is 5.82 Å². The molecule has 0 saturated carbocycles. The number of benzene rings is 1. The first-order valence-electron chi connectivity index (χ1n) is 7.97. The molecule has 6 heteroatoms. The smallest absolute Gasteiger partial charge is 0.255 e. The SMILES string of the molecule is Cc1[nH]c(=O)ccc1C(=O)N1CCN(c2cccc(F)c2)CC1C. The van der Waals surface area contributed by atoms with Gasteiger partial charge in [-0.2, -0.15) is 0 Å². The van der Waals surface area contributed by atoms with Crippen molar-refractivity contribution in [1.82, 2.24) is 9.88 Å². The van der Waals surface area contributed by atoms with Crippen LogP contribution in [0.2, 0.25) is 0 Å². The summed E-state index contributed by atoms with van der Waals surface area (Å²) in [5, 5.41) is 0. The third kappa shape index (κ3) is 3.18. The minimum Gasteiger partial charge on any atom is -0.368 e. The number of anilines is 1. The Morgan fingerprint density at radius 3 is 2.71 bits per heavy atom. The monoisotopic (exact) mass is 329 g/mol. The Hall–Kier alpha value is -2.63. The van der Waals surface area contributed by atoms with Crippen LogP contribution in [0.5, 0.6) is 0 Å². The number of pyridine rings is 1. The molecule has 2 aromatic rings. The number of nitrogens with zero attached hydrogens (tertiary/aromatic N) is 2. The Balaban J connectivity index is 1.76. The largest absolute Gasteiger partial charge is 0.368 e. The van der Waals surface area contributed by atoms with Gasteiger partial charge in [-0.05, 0) is 38.1 Å². The predicted octanol–water partition coefficient (Wildman–Crippen LogP) is 2.17. The van der Waals surface area contributed by atoms with Crippen LogP contribution in [0, 0.1) is 12.7 Å². The highest BCUT2D eigenvalue weighted by molar-refractivity contribution is 5.95. The lowest BCUT2D eigenvalue weighted by Gasteiger charge is -2.41. The second-order valence-corrected chi connectivity index (χ2v) is 6.13. The van der Waals surface area contributed by atoms with E-state index in [0.29, 0.717) is 30.9 Å². The number of hydrogen-bond donors (Lipinski definition) is 1. The summed E-state index contributed by atoms with van der Waals surface area (Å²) in [5.41, 5.74) is 1.70. The third-order valence-electron chi connectivity index (χ3n) is 4.41. The first-order chi connectivity index (χ1) is 11.5. The number of piperazine rings is 1. The number of carbonyl (C=O) groups is 1. The molecule has 1 unspecified atom stereocenters. The Kier molecular flexibility index (Phi) is 4.38. The van der Waals surface area contributed by atoms with E-state index in [1.165, 1.54) is 18.2 Å². The number of halogens is 1. The fraction of sp³-hybridized carbons (Fsp3) is 0.333. The van der Waals surface area contributed by atoms with Crippen molar-refractivity contribution in [2.75, 3.05) is 24.5 Å². The van der Waals surface area contributed by atoms with Crippen molar-refractivity contribution in [2.45, 2.75) is 19.9 Å². The van der Waals surface area contributed by atoms with Gasteiger partial charge in [0.05, 0.1) is 5.56 Å². The lowest BCUT2D eigenvalue weighted by molar-refractivity contribution is 0.0673. The lowest BCUT2D eigenvalue weighted by Crippen LogP contribution is -2.54. The summed E-state index contributed by atoms with van der Waals surface area (Å²) in [6.07, 6.45) is 0. The predicted molar refractivity (Wildman–Crippen MR) is 90.9 cm³/mol. The number of rotatable bonds is 2. The van der Waals surface area contributed by atoms with Crippen molar-refractivity contribution < 1.29 is 9.18 Å². The Morgan fingerprint density at radius 2 is 2.04 bits per heavy atom. The highest BCUT2D eigenvalue weighted by Crippen LogP contribution is 2.21. The molecule has 5 nitrogen and oxygen atoms in total. The number of carbonyl (C=O) groups excluding carboxylic acids is 1. The second-order valence-electron chi connectivity index (χ2n) is 6.13. The summed E-state index contributed by atoms with van der Waals surface area (Å²) < 4.78 is 13.4. The highest BCUT2D eigenvalue weighted by Gasteiger charge is 2.29. The van der Waals surface area contributed by atoms with Crippen LogP contribution >= 0.6 is 0 Å². The summed E-state index contributed by atoms with van der Waals surface area (Å²) in [6, 6.07) is 9.43. The standard InChI is InChI=1S/C18H20FN3O2/c1-12-11-21(15-5-3-4-14(19)10-15)8-9-22(12)18(24)16-6-7-17(23)20-13(16)2/h3-7,10,12H,8-9,11H2,1-2H3,(H,20,23). The molecule has 126 valence electrons. The fourth-order valence-electron chi connectivity index (χ4n) is 3.13. The molecule has 1 saturated heterocycles. The van der Waals surface area contributed by atoms with Crippen molar-refractivity contribution in [3.8, 4) is 0 Å². The molecule has 1 fully saturated rings. The van der Waals surface area contributed by atoms with Gasteiger partial charge in [-0.1, -0.05) is 6.07 Å². The highest BCUT2D eigenvalue weighted by atomic mass is 19.1. The molecule has 24 heavy (non-hydrogen) atoms. The Labute approximate surface area is 139 Å². The number of aromatic amines is 1. The summed E-state index contributed by atoms with van der Waals surface area (Å²) in [6.45, 7) is 5.53. The van der Waals surface area contributed by atoms with Crippen molar-refractivity contribution in [3.63, 3.8) is 0 Å². The van der Waals surface area contributed by atoms with Crippen molar-refractivity contribution in [3.05, 3.63) is 63.8 Å². The molecule has 1 aromatic heterocycles. The van der Waals surface area contributed by atoms with Gasteiger partial charge in [-0.3, -0.25) is 9.59 Å². The number of amides is 1. The molecule has 1 atom stereocenters. The normalized spacial score (nSPS) is 17.9. The van der Waals surface area contributed by atoms with Crippen LogP contribution in [0.3, 0.4) is 0 Å². The van der Waals surface area contributed by atoms with Crippen LogP contribution in [-0.4, -0.2) is 41.5 Å². The van der Waals surface area contributed by atoms with Gasteiger partial charge >= 0.3 is 0 Å². The van der Waals surface area contributed by atoms with E-state index in [1.807, 2.05) is 13.0 Å². The first kappa shape index (κ1) is 16.2. The molecule has 0 aliphatic carbocycles. The molecule has 1 N–H and O–H groups in total. The summed E-state index contributed by atoms with van der Waals surface area (Å²) in [4.78, 5) is 30.6. The lowest BCUT2D eigenvalue weighted by atomic mass is 10.1. The van der Waals surface area contributed by atoms with Gasteiger partial charge in [0, 0.05) is 43.1 Å². The van der Waals surface area contributed by atoms with E-state index < -0.39 is 0 Å². The molecule has 1 amide bonds. The minimum absolute atomic E-state index is 0.0131. The number of H-pyrrole nitrogens is 1. The summed E-state index contributed by atoms with van der Waals surface area (Å²) in [5.74, 6) is -0.349. The molecular formula is C18H20FN3O2. The molecule has 1 aliphatic rings. The zero-order valence-electron chi connectivity index (χ0n) is 13.8. The summed E-state index contributed by atoms with van der Waals surface area (Å²) in [7, 11) is 0. The van der Waals surface area contributed by atoms with Crippen LogP contribution < -0.4 is 10.5 Å². The van der Waals surface area contributed by atoms with Gasteiger partial charge in [0.15, 0.2) is 0 Å². The van der Waals surface area contributed by atoms with Crippen molar-refractivity contribution >= 4 is 11.6 Å². The van der Waals surface area contributed by atoms with E-state index in [4.69, 9.17) is 0 Å². The fourth-order valence-corrected chi connectivity index (χ4v) is 3.13. The minimum atomic E-state index is -0.262. The Morgan fingerprint density at radius 1 is 1.25 bits per heavy atom. The van der Waals surface area contributed by atoms with Crippen molar-refractivity contribution in [2.24, 2.45) is 0 Å². The summed E-state index contributed by atoms with van der Waals surface area (Å²) >= 11 is 0. The van der Waals surface area contributed by atoms with E-state index in [2.05, 4.69) is 9.88 Å². The van der Waals surface area contributed by atoms with E-state index in [1.54, 1.807) is 24.0 Å². The van der Waals surface area contributed by atoms with E-state index in [-0.39, 0.29) is 23.3 Å². The van der Waals surface area contributed by atoms with Crippen LogP contribution in [0.15, 0.2) is 41.2 Å². The van der Waals surface area contributed by atoms with E-state index in [9.17, 15) is 14.0 Å². The maximum absolute atomic E-state index is 13.4. The maximum atomic E-state index is 13.4. The molecule has 0 spiro atoms. The van der Waals surface area contributed by atoms with Crippen LogP contribution in [0.4, 0.5) is 10.1 Å². The topological polar surface area (TPSA) is 56.4 Å². The van der Waals surface area contributed by atoms with Gasteiger partial charge in [0.25, 0.3) is 5.91 Å². The van der Waals surface area contributed by atoms with Gasteiger partial charge in [-0.15, -0.1) is 0 Å². The van der Waals surface area contributed by atoms with Crippen molar-refractivity contribution in [1.29, 1.82) is 0 Å². The number of aryl methyl sites for hydroxylation is 1. The maximum Gasteiger partial charge on any atom is 0.255 e. The van der Waals surface area contributed by atoms with Gasteiger partial charge < -0.3 is 14.8 Å². The van der Waals surface area contributed by atoms with Crippen LogP contribution in [0.25, 0.3) is 0 Å². The molecule has 0 radical (unpaired) electrons. The zero-order chi connectivity index (χ0) is 17.3. The van der Waals surface area contributed by atoms with E-state index >= 15 is 0 Å². The van der Waals surface area contributed by atoms with Gasteiger partial charge in [-0.25, -0.2) is 4.39 Å². The third-order valence-corrected chi connectivity index (χ3v) is 4.41. The zero-order valence-corrected chi connectivity index (χ0v) is 13.8. The number of aromatic nitrogens is 1. The van der Waals surface area contributed by atoms with Crippen LogP contribution in [0.1, 0.15) is 23.0 Å². The molecule has 1 aromatic carbocycles. The molecular weight excluding hydrogens is 309 g/mol. The number of nitrogens with one attached hydrogen (secondary N) is 1. The average molecular weight is 329 g/mol.